The number of hydrogen-bond donors (Lipinski definition) is 0. The lowest BCUT2D eigenvalue weighted by molar-refractivity contribution is 0.184. The molecule has 1 aliphatic rings. The minimum Gasteiger partial charge on any atom is -0.299 e. The largest absolute Gasteiger partial charge is 0.299 e. The second-order valence-corrected chi connectivity index (χ2v) is 7.92. The number of pyridine rings is 1. The van der Waals surface area contributed by atoms with Gasteiger partial charge in [-0.15, -0.1) is 11.8 Å². The highest BCUT2D eigenvalue weighted by molar-refractivity contribution is 8.00. The fraction of sp³-hybridized carbons (Fsp3) is 0.667. The van der Waals surface area contributed by atoms with Crippen molar-refractivity contribution in [3.8, 4) is 0 Å². The van der Waals surface area contributed by atoms with Gasteiger partial charge in [0.2, 0.25) is 0 Å². The molecule has 0 N–H and O–H groups in total. The number of aromatic nitrogens is 1. The van der Waals surface area contributed by atoms with E-state index < -0.39 is 0 Å². The van der Waals surface area contributed by atoms with Crippen molar-refractivity contribution in [2.45, 2.75) is 55.8 Å². The molecule has 1 aliphatic heterocycles. The van der Waals surface area contributed by atoms with Crippen LogP contribution in [0.2, 0.25) is 0 Å². The molecule has 1 atom stereocenters. The summed E-state index contributed by atoms with van der Waals surface area (Å²) >= 11 is 1.89. The van der Waals surface area contributed by atoms with Gasteiger partial charge in [0.25, 0.3) is 0 Å². The summed E-state index contributed by atoms with van der Waals surface area (Å²) < 4.78 is 0.219. The standard InChI is InChI=1S/C15H24N2S/c1-15(2,3)18-14-12(8-7-10-16-14)13-9-5-6-11-17(13)4/h7-8,10,13H,5-6,9,11H2,1-4H3/t13-/m1/s1. The van der Waals surface area contributed by atoms with Gasteiger partial charge < -0.3 is 0 Å². The molecule has 100 valence electrons. The van der Waals surface area contributed by atoms with Crippen LogP contribution in [0.25, 0.3) is 0 Å². The van der Waals surface area contributed by atoms with Crippen molar-refractivity contribution in [1.82, 2.24) is 9.88 Å². The Bertz CT molecular complexity index is 398. The van der Waals surface area contributed by atoms with Crippen LogP contribution in [0.15, 0.2) is 23.4 Å². The molecule has 0 aliphatic carbocycles. The number of piperidine rings is 1. The molecule has 1 aromatic rings. The van der Waals surface area contributed by atoms with Gasteiger partial charge in [-0.3, -0.25) is 4.90 Å². The average Bonchev–Trinajstić information content (AvgIpc) is 2.29. The van der Waals surface area contributed by atoms with Crippen molar-refractivity contribution in [3.63, 3.8) is 0 Å². The normalized spacial score (nSPS) is 22.1. The maximum Gasteiger partial charge on any atom is 0.101 e. The zero-order chi connectivity index (χ0) is 13.2. The molecule has 2 heterocycles. The van der Waals surface area contributed by atoms with Crippen molar-refractivity contribution in [1.29, 1.82) is 0 Å². The Morgan fingerprint density at radius 1 is 1.33 bits per heavy atom. The molecular formula is C15H24N2S. The van der Waals surface area contributed by atoms with E-state index >= 15 is 0 Å². The molecule has 3 heteroatoms. The highest BCUT2D eigenvalue weighted by atomic mass is 32.2. The second kappa shape index (κ2) is 5.62. The minimum atomic E-state index is 0.219. The van der Waals surface area contributed by atoms with Crippen molar-refractivity contribution in [2.75, 3.05) is 13.6 Å². The van der Waals surface area contributed by atoms with E-state index in [4.69, 9.17) is 0 Å². The van der Waals surface area contributed by atoms with E-state index in [-0.39, 0.29) is 4.75 Å². The summed E-state index contributed by atoms with van der Waals surface area (Å²) in [7, 11) is 2.24. The van der Waals surface area contributed by atoms with E-state index in [1.165, 1.54) is 36.4 Å². The minimum absolute atomic E-state index is 0.219. The van der Waals surface area contributed by atoms with Crippen molar-refractivity contribution >= 4 is 11.8 Å². The van der Waals surface area contributed by atoms with E-state index in [9.17, 15) is 0 Å². The van der Waals surface area contributed by atoms with Crippen molar-refractivity contribution < 1.29 is 0 Å². The van der Waals surface area contributed by atoms with Crippen LogP contribution in [0.4, 0.5) is 0 Å². The lowest BCUT2D eigenvalue weighted by Crippen LogP contribution is -2.30. The third kappa shape index (κ3) is 3.48. The Morgan fingerprint density at radius 3 is 2.78 bits per heavy atom. The molecule has 0 aromatic carbocycles. The van der Waals surface area contributed by atoms with Gasteiger partial charge in [0, 0.05) is 22.5 Å². The summed E-state index contributed by atoms with van der Waals surface area (Å²) in [6.45, 7) is 7.96. The van der Waals surface area contributed by atoms with Gasteiger partial charge in [0.15, 0.2) is 0 Å². The lowest BCUT2D eigenvalue weighted by Gasteiger charge is -2.34. The van der Waals surface area contributed by atoms with Gasteiger partial charge in [-0.05, 0) is 32.5 Å². The van der Waals surface area contributed by atoms with E-state index in [0.717, 1.165) is 0 Å². The number of likely N-dealkylation sites (tertiary alicyclic amines) is 1. The first-order valence-corrected chi connectivity index (χ1v) is 7.63. The second-order valence-electron chi connectivity index (χ2n) is 6.10. The Balaban J connectivity index is 2.26. The van der Waals surface area contributed by atoms with Crippen molar-refractivity contribution in [3.05, 3.63) is 23.9 Å². The Labute approximate surface area is 115 Å². The van der Waals surface area contributed by atoms with Gasteiger partial charge >= 0.3 is 0 Å². The first kappa shape index (κ1) is 13.9. The maximum atomic E-state index is 4.61. The van der Waals surface area contributed by atoms with Gasteiger partial charge in [-0.1, -0.05) is 33.3 Å². The molecule has 1 saturated heterocycles. The molecule has 2 nitrogen and oxygen atoms in total. The zero-order valence-corrected chi connectivity index (χ0v) is 12.8. The van der Waals surface area contributed by atoms with Crippen LogP contribution >= 0.6 is 11.8 Å². The smallest absolute Gasteiger partial charge is 0.101 e. The quantitative estimate of drug-likeness (QED) is 0.747. The predicted molar refractivity (Wildman–Crippen MR) is 79.1 cm³/mol. The van der Waals surface area contributed by atoms with Crippen LogP contribution in [-0.2, 0) is 0 Å². The van der Waals surface area contributed by atoms with E-state index in [1.54, 1.807) is 0 Å². The average molecular weight is 264 g/mol. The van der Waals surface area contributed by atoms with Gasteiger partial charge in [0.05, 0.1) is 0 Å². The van der Waals surface area contributed by atoms with Crippen LogP contribution in [-0.4, -0.2) is 28.2 Å². The topological polar surface area (TPSA) is 16.1 Å². The van der Waals surface area contributed by atoms with Crippen molar-refractivity contribution in [2.24, 2.45) is 0 Å². The van der Waals surface area contributed by atoms with Crippen LogP contribution in [0.5, 0.6) is 0 Å². The lowest BCUT2D eigenvalue weighted by atomic mass is 9.97. The van der Waals surface area contributed by atoms with E-state index in [2.05, 4.69) is 49.8 Å². The highest BCUT2D eigenvalue weighted by Gasteiger charge is 2.25. The van der Waals surface area contributed by atoms with Crippen LogP contribution in [0.3, 0.4) is 0 Å². The Hall–Kier alpha value is -0.540. The fourth-order valence-electron chi connectivity index (χ4n) is 2.50. The Morgan fingerprint density at radius 2 is 2.11 bits per heavy atom. The third-order valence-electron chi connectivity index (χ3n) is 3.33. The zero-order valence-electron chi connectivity index (χ0n) is 11.9. The molecule has 0 bridgehead atoms. The Kier molecular flexibility index (Phi) is 4.33. The summed E-state index contributed by atoms with van der Waals surface area (Å²) in [5.74, 6) is 0. The summed E-state index contributed by atoms with van der Waals surface area (Å²) in [4.78, 5) is 7.09. The summed E-state index contributed by atoms with van der Waals surface area (Å²) in [5.41, 5.74) is 1.42. The van der Waals surface area contributed by atoms with Crippen LogP contribution < -0.4 is 0 Å². The molecule has 0 radical (unpaired) electrons. The monoisotopic (exact) mass is 264 g/mol. The molecule has 0 saturated carbocycles. The highest BCUT2D eigenvalue weighted by Crippen LogP contribution is 2.38. The fourth-order valence-corrected chi connectivity index (χ4v) is 3.52. The molecule has 0 spiro atoms. The van der Waals surface area contributed by atoms with Crippen LogP contribution in [0.1, 0.15) is 51.6 Å². The first-order chi connectivity index (χ1) is 8.47. The third-order valence-corrected chi connectivity index (χ3v) is 4.48. The molecule has 2 rings (SSSR count). The molecule has 0 amide bonds. The molecular weight excluding hydrogens is 240 g/mol. The van der Waals surface area contributed by atoms with E-state index in [1.807, 2.05) is 18.0 Å². The molecule has 1 aromatic heterocycles. The maximum absolute atomic E-state index is 4.61. The van der Waals surface area contributed by atoms with Gasteiger partial charge in [-0.2, -0.15) is 0 Å². The number of hydrogen-bond acceptors (Lipinski definition) is 3. The van der Waals surface area contributed by atoms with E-state index in [0.29, 0.717) is 6.04 Å². The molecule has 1 fully saturated rings. The summed E-state index contributed by atoms with van der Waals surface area (Å²) in [6.07, 6.45) is 5.85. The van der Waals surface area contributed by atoms with Crippen LogP contribution in [0, 0.1) is 0 Å². The SMILES string of the molecule is CN1CCCC[C@@H]1c1cccnc1SC(C)(C)C. The summed E-state index contributed by atoms with van der Waals surface area (Å²) in [5, 5.41) is 1.21. The number of thioether (sulfide) groups is 1. The summed E-state index contributed by atoms with van der Waals surface area (Å²) in [6, 6.07) is 4.88. The number of nitrogens with zero attached hydrogens (tertiary/aromatic N) is 2. The number of rotatable bonds is 2. The first-order valence-electron chi connectivity index (χ1n) is 6.81. The predicted octanol–water partition coefficient (Wildman–Crippen LogP) is 4.13. The van der Waals surface area contributed by atoms with Gasteiger partial charge in [-0.25, -0.2) is 4.98 Å². The molecule has 0 unspecified atom stereocenters. The molecule has 18 heavy (non-hydrogen) atoms. The van der Waals surface area contributed by atoms with Gasteiger partial charge in [0.1, 0.15) is 5.03 Å².